The molecule has 0 aliphatic carbocycles. The minimum Gasteiger partial charge on any atom is -0.494 e. The van der Waals surface area contributed by atoms with Crippen molar-refractivity contribution in [1.82, 2.24) is 5.32 Å². The van der Waals surface area contributed by atoms with E-state index in [1.807, 2.05) is 18.2 Å². The summed E-state index contributed by atoms with van der Waals surface area (Å²) in [4.78, 5) is 10.2. The number of nitrogens with one attached hydrogen (secondary N) is 1. The Kier molecular flexibility index (Phi) is 5.49. The fourth-order valence-electron chi connectivity index (χ4n) is 1.39. The Labute approximate surface area is 102 Å². The number of carboxylic acids is 1. The molecule has 1 rings (SSSR count). The van der Waals surface area contributed by atoms with Crippen LogP contribution in [-0.4, -0.2) is 30.8 Å². The molecule has 1 aromatic carbocycles. The first-order chi connectivity index (χ1) is 8.09. The Morgan fingerprint density at radius 2 is 2.12 bits per heavy atom. The fraction of sp³-hybridized carbons (Fsp3) is 0.462. The van der Waals surface area contributed by atoms with Gasteiger partial charge in [0.05, 0.1) is 13.2 Å². The second-order valence-corrected chi connectivity index (χ2v) is 4.02. The highest BCUT2D eigenvalue weighted by Gasteiger charge is 1.98. The first kappa shape index (κ1) is 13.5. The van der Waals surface area contributed by atoms with Crippen molar-refractivity contribution in [3.8, 4) is 5.75 Å². The van der Waals surface area contributed by atoms with Gasteiger partial charge in [0.2, 0.25) is 0 Å². The SMILES string of the molecule is Cc1ccc(OCCCNCC(=O)O)cc1C. The van der Waals surface area contributed by atoms with E-state index in [4.69, 9.17) is 9.84 Å². The van der Waals surface area contributed by atoms with E-state index in [2.05, 4.69) is 19.2 Å². The average Bonchev–Trinajstić information content (AvgIpc) is 2.27. The number of ether oxygens (including phenoxy) is 1. The Balaban J connectivity index is 2.18. The summed E-state index contributed by atoms with van der Waals surface area (Å²) < 4.78 is 5.56. The molecule has 0 atom stereocenters. The average molecular weight is 237 g/mol. The van der Waals surface area contributed by atoms with Crippen molar-refractivity contribution in [3.63, 3.8) is 0 Å². The number of aryl methyl sites for hydroxylation is 2. The molecule has 0 spiro atoms. The lowest BCUT2D eigenvalue weighted by atomic mass is 10.1. The van der Waals surface area contributed by atoms with Crippen molar-refractivity contribution >= 4 is 5.97 Å². The van der Waals surface area contributed by atoms with Gasteiger partial charge in [0, 0.05) is 0 Å². The van der Waals surface area contributed by atoms with Gasteiger partial charge >= 0.3 is 5.97 Å². The molecule has 94 valence electrons. The van der Waals surface area contributed by atoms with E-state index in [0.29, 0.717) is 13.2 Å². The largest absolute Gasteiger partial charge is 0.494 e. The monoisotopic (exact) mass is 237 g/mol. The minimum absolute atomic E-state index is 0.00361. The zero-order chi connectivity index (χ0) is 12.7. The van der Waals surface area contributed by atoms with E-state index in [0.717, 1.165) is 12.2 Å². The number of benzene rings is 1. The molecule has 0 fully saturated rings. The maximum absolute atomic E-state index is 10.2. The van der Waals surface area contributed by atoms with Gasteiger partial charge in [0.1, 0.15) is 5.75 Å². The van der Waals surface area contributed by atoms with Crippen molar-refractivity contribution in [3.05, 3.63) is 29.3 Å². The highest BCUT2D eigenvalue weighted by atomic mass is 16.5. The Hall–Kier alpha value is -1.55. The number of hydrogen-bond acceptors (Lipinski definition) is 3. The summed E-state index contributed by atoms with van der Waals surface area (Å²) in [5.74, 6) is 0.0337. The van der Waals surface area contributed by atoms with Crippen LogP contribution in [0.1, 0.15) is 17.5 Å². The van der Waals surface area contributed by atoms with Crippen LogP contribution in [-0.2, 0) is 4.79 Å². The van der Waals surface area contributed by atoms with Crippen molar-refractivity contribution < 1.29 is 14.6 Å². The molecule has 4 heteroatoms. The van der Waals surface area contributed by atoms with Crippen LogP contribution >= 0.6 is 0 Å². The number of aliphatic carboxylic acids is 1. The molecule has 0 amide bonds. The Morgan fingerprint density at radius 1 is 1.35 bits per heavy atom. The van der Waals surface area contributed by atoms with Gasteiger partial charge in [-0.3, -0.25) is 4.79 Å². The molecule has 0 unspecified atom stereocenters. The van der Waals surface area contributed by atoms with Crippen LogP contribution in [0.3, 0.4) is 0 Å². The third-order valence-electron chi connectivity index (χ3n) is 2.52. The molecular formula is C13H19NO3. The van der Waals surface area contributed by atoms with Crippen LogP contribution < -0.4 is 10.1 Å². The van der Waals surface area contributed by atoms with Crippen LogP contribution in [0.5, 0.6) is 5.75 Å². The topological polar surface area (TPSA) is 58.6 Å². The summed E-state index contributed by atoms with van der Waals surface area (Å²) in [6, 6.07) is 6.00. The molecule has 0 aromatic heterocycles. The molecule has 0 saturated carbocycles. The molecule has 0 saturated heterocycles. The lowest BCUT2D eigenvalue weighted by Crippen LogP contribution is -2.24. The van der Waals surface area contributed by atoms with Gasteiger partial charge in [-0.15, -0.1) is 0 Å². The maximum atomic E-state index is 10.2. The predicted octanol–water partition coefficient (Wildman–Crippen LogP) is 1.75. The van der Waals surface area contributed by atoms with Crippen molar-refractivity contribution in [1.29, 1.82) is 0 Å². The maximum Gasteiger partial charge on any atom is 0.317 e. The lowest BCUT2D eigenvalue weighted by molar-refractivity contribution is -0.135. The first-order valence-electron chi connectivity index (χ1n) is 5.72. The third kappa shape index (κ3) is 5.36. The molecular weight excluding hydrogens is 218 g/mol. The van der Waals surface area contributed by atoms with Crippen LogP contribution in [0.2, 0.25) is 0 Å². The molecule has 2 N–H and O–H groups in total. The van der Waals surface area contributed by atoms with Crippen molar-refractivity contribution in [2.75, 3.05) is 19.7 Å². The summed E-state index contributed by atoms with van der Waals surface area (Å²) in [6.07, 6.45) is 0.792. The van der Waals surface area contributed by atoms with Gasteiger partial charge in [-0.25, -0.2) is 0 Å². The molecule has 0 aliphatic rings. The van der Waals surface area contributed by atoms with Crippen LogP contribution in [0.4, 0.5) is 0 Å². The summed E-state index contributed by atoms with van der Waals surface area (Å²) in [6.45, 7) is 5.36. The van der Waals surface area contributed by atoms with E-state index >= 15 is 0 Å². The van der Waals surface area contributed by atoms with Gasteiger partial charge in [0.25, 0.3) is 0 Å². The van der Waals surface area contributed by atoms with E-state index in [-0.39, 0.29) is 6.54 Å². The van der Waals surface area contributed by atoms with Crippen LogP contribution in [0.15, 0.2) is 18.2 Å². The standard InChI is InChI=1S/C13H19NO3/c1-10-4-5-12(8-11(10)2)17-7-3-6-14-9-13(15)16/h4-5,8,14H,3,6-7,9H2,1-2H3,(H,15,16). The third-order valence-corrected chi connectivity index (χ3v) is 2.52. The second kappa shape index (κ2) is 6.91. The van der Waals surface area contributed by atoms with E-state index in [1.54, 1.807) is 0 Å². The van der Waals surface area contributed by atoms with Crippen molar-refractivity contribution in [2.24, 2.45) is 0 Å². The van der Waals surface area contributed by atoms with E-state index < -0.39 is 5.97 Å². The van der Waals surface area contributed by atoms with Gasteiger partial charge in [0.15, 0.2) is 0 Å². The van der Waals surface area contributed by atoms with Gasteiger partial charge in [-0.1, -0.05) is 6.07 Å². The summed E-state index contributed by atoms with van der Waals surface area (Å²) in [5, 5.41) is 11.2. The number of carbonyl (C=O) groups is 1. The summed E-state index contributed by atoms with van der Waals surface area (Å²) in [7, 11) is 0. The molecule has 0 aliphatic heterocycles. The van der Waals surface area contributed by atoms with E-state index in [1.165, 1.54) is 11.1 Å². The van der Waals surface area contributed by atoms with Crippen LogP contribution in [0.25, 0.3) is 0 Å². The van der Waals surface area contributed by atoms with Gasteiger partial charge in [-0.05, 0) is 50.1 Å². The first-order valence-corrected chi connectivity index (χ1v) is 5.72. The fourth-order valence-corrected chi connectivity index (χ4v) is 1.39. The number of carboxylic acid groups (broad SMARTS) is 1. The second-order valence-electron chi connectivity index (χ2n) is 4.02. The predicted molar refractivity (Wildman–Crippen MR) is 66.5 cm³/mol. The molecule has 0 radical (unpaired) electrons. The minimum atomic E-state index is -0.833. The summed E-state index contributed by atoms with van der Waals surface area (Å²) in [5.41, 5.74) is 2.46. The number of hydrogen-bond donors (Lipinski definition) is 2. The smallest absolute Gasteiger partial charge is 0.317 e. The Morgan fingerprint density at radius 3 is 2.76 bits per heavy atom. The van der Waals surface area contributed by atoms with E-state index in [9.17, 15) is 4.79 Å². The Bertz CT molecular complexity index is 377. The summed E-state index contributed by atoms with van der Waals surface area (Å²) >= 11 is 0. The number of rotatable bonds is 7. The van der Waals surface area contributed by atoms with Gasteiger partial charge in [-0.2, -0.15) is 0 Å². The molecule has 17 heavy (non-hydrogen) atoms. The molecule has 0 heterocycles. The lowest BCUT2D eigenvalue weighted by Gasteiger charge is -2.08. The zero-order valence-electron chi connectivity index (χ0n) is 10.3. The molecule has 0 bridgehead atoms. The molecule has 1 aromatic rings. The quantitative estimate of drug-likeness (QED) is 0.709. The normalized spacial score (nSPS) is 10.2. The highest BCUT2D eigenvalue weighted by Crippen LogP contribution is 2.16. The van der Waals surface area contributed by atoms with Crippen LogP contribution in [0, 0.1) is 13.8 Å². The molecule has 4 nitrogen and oxygen atoms in total. The highest BCUT2D eigenvalue weighted by molar-refractivity contribution is 5.68. The van der Waals surface area contributed by atoms with Crippen molar-refractivity contribution in [2.45, 2.75) is 20.3 Å². The zero-order valence-corrected chi connectivity index (χ0v) is 10.3. The van der Waals surface area contributed by atoms with Gasteiger partial charge < -0.3 is 15.2 Å².